The highest BCUT2D eigenvalue weighted by Gasteiger charge is 2.27. The lowest BCUT2D eigenvalue weighted by Gasteiger charge is -2.31. The van der Waals surface area contributed by atoms with E-state index in [1.807, 2.05) is 12.1 Å². The van der Waals surface area contributed by atoms with Crippen molar-refractivity contribution in [2.45, 2.75) is 18.9 Å². The number of carbonyl (C=O) groups is 1. The van der Waals surface area contributed by atoms with Crippen molar-refractivity contribution in [2.24, 2.45) is 5.92 Å². The topological polar surface area (TPSA) is 70.6 Å². The maximum atomic E-state index is 11.6. The lowest BCUT2D eigenvalue weighted by atomic mass is 9.82. The number of aliphatic hydroxyl groups is 1. The van der Waals surface area contributed by atoms with Gasteiger partial charge in [0, 0.05) is 18.3 Å². The van der Waals surface area contributed by atoms with Crippen LogP contribution in [0.2, 0.25) is 0 Å². The highest BCUT2D eigenvalue weighted by atomic mass is 16.5. The van der Waals surface area contributed by atoms with Gasteiger partial charge in [-0.05, 0) is 30.9 Å². The average molecular weight is 250 g/mol. The summed E-state index contributed by atoms with van der Waals surface area (Å²) in [6, 6.07) is 6.96. The number of benzene rings is 1. The SMILES string of the molecule is COc1cccc(NC(=O)NCC2CC(O)C2)c1. The van der Waals surface area contributed by atoms with E-state index in [0.29, 0.717) is 23.9 Å². The van der Waals surface area contributed by atoms with Gasteiger partial charge in [-0.2, -0.15) is 0 Å². The van der Waals surface area contributed by atoms with Crippen molar-refractivity contribution in [3.05, 3.63) is 24.3 Å². The molecule has 1 aromatic rings. The van der Waals surface area contributed by atoms with Gasteiger partial charge in [-0.3, -0.25) is 0 Å². The molecule has 1 aromatic carbocycles. The lowest BCUT2D eigenvalue weighted by molar-refractivity contribution is 0.0443. The third kappa shape index (κ3) is 3.37. The predicted octanol–water partition coefficient (Wildman–Crippen LogP) is 1.59. The van der Waals surface area contributed by atoms with Gasteiger partial charge in [0.25, 0.3) is 0 Å². The Kier molecular flexibility index (Phi) is 4.04. The van der Waals surface area contributed by atoms with Gasteiger partial charge < -0.3 is 20.5 Å². The Hall–Kier alpha value is -1.75. The lowest BCUT2D eigenvalue weighted by Crippen LogP contribution is -2.39. The average Bonchev–Trinajstić information content (AvgIpc) is 2.33. The van der Waals surface area contributed by atoms with Crippen LogP contribution in [0.5, 0.6) is 5.75 Å². The van der Waals surface area contributed by atoms with E-state index in [1.54, 1.807) is 19.2 Å². The number of hydrogen-bond donors (Lipinski definition) is 3. The van der Waals surface area contributed by atoms with Gasteiger partial charge >= 0.3 is 6.03 Å². The van der Waals surface area contributed by atoms with Crippen molar-refractivity contribution in [3.63, 3.8) is 0 Å². The Balaban J connectivity index is 1.76. The van der Waals surface area contributed by atoms with E-state index in [-0.39, 0.29) is 12.1 Å². The van der Waals surface area contributed by atoms with Crippen LogP contribution in [0.3, 0.4) is 0 Å². The molecule has 5 nitrogen and oxygen atoms in total. The summed E-state index contributed by atoms with van der Waals surface area (Å²) < 4.78 is 5.07. The number of urea groups is 1. The van der Waals surface area contributed by atoms with E-state index in [2.05, 4.69) is 10.6 Å². The van der Waals surface area contributed by atoms with Crippen molar-refractivity contribution in [3.8, 4) is 5.75 Å². The summed E-state index contributed by atoms with van der Waals surface area (Å²) in [6.07, 6.45) is 1.37. The van der Waals surface area contributed by atoms with Crippen LogP contribution < -0.4 is 15.4 Å². The van der Waals surface area contributed by atoms with E-state index < -0.39 is 0 Å². The number of anilines is 1. The minimum atomic E-state index is -0.232. The molecular weight excluding hydrogens is 232 g/mol. The van der Waals surface area contributed by atoms with Crippen molar-refractivity contribution < 1.29 is 14.6 Å². The molecule has 5 heteroatoms. The molecule has 0 aliphatic heterocycles. The van der Waals surface area contributed by atoms with Crippen molar-refractivity contribution >= 4 is 11.7 Å². The summed E-state index contributed by atoms with van der Waals surface area (Å²) in [6.45, 7) is 0.604. The maximum Gasteiger partial charge on any atom is 0.319 e. The Morgan fingerprint density at radius 3 is 2.94 bits per heavy atom. The van der Waals surface area contributed by atoms with Gasteiger partial charge in [-0.25, -0.2) is 4.79 Å². The van der Waals surface area contributed by atoms with Crippen molar-refractivity contribution in [1.82, 2.24) is 5.32 Å². The van der Waals surface area contributed by atoms with Gasteiger partial charge in [-0.1, -0.05) is 6.07 Å². The molecule has 0 saturated heterocycles. The first kappa shape index (κ1) is 12.7. The number of hydrogen-bond acceptors (Lipinski definition) is 3. The van der Waals surface area contributed by atoms with Crippen molar-refractivity contribution in [2.75, 3.05) is 19.0 Å². The Bertz CT molecular complexity index is 416. The molecule has 1 saturated carbocycles. The summed E-state index contributed by atoms with van der Waals surface area (Å²) in [5.74, 6) is 1.10. The first-order valence-corrected chi connectivity index (χ1v) is 6.04. The normalized spacial score (nSPS) is 21.9. The fourth-order valence-electron chi connectivity index (χ4n) is 1.98. The van der Waals surface area contributed by atoms with Crippen LogP contribution in [0.15, 0.2) is 24.3 Å². The second-order valence-electron chi connectivity index (χ2n) is 4.56. The van der Waals surface area contributed by atoms with Crippen molar-refractivity contribution in [1.29, 1.82) is 0 Å². The second kappa shape index (κ2) is 5.73. The molecule has 0 heterocycles. The molecule has 1 fully saturated rings. The van der Waals surface area contributed by atoms with E-state index in [4.69, 9.17) is 9.84 Å². The first-order chi connectivity index (χ1) is 8.67. The van der Waals surface area contributed by atoms with Gasteiger partial charge in [-0.15, -0.1) is 0 Å². The predicted molar refractivity (Wildman–Crippen MR) is 68.7 cm³/mol. The number of amides is 2. The Labute approximate surface area is 106 Å². The third-order valence-corrected chi connectivity index (χ3v) is 3.09. The molecule has 2 rings (SSSR count). The van der Waals surface area contributed by atoms with Gasteiger partial charge in [0.1, 0.15) is 5.75 Å². The second-order valence-corrected chi connectivity index (χ2v) is 4.56. The molecule has 1 aliphatic rings. The molecule has 1 aliphatic carbocycles. The fraction of sp³-hybridized carbons (Fsp3) is 0.462. The van der Waals surface area contributed by atoms with Crippen LogP contribution in [0.4, 0.5) is 10.5 Å². The fourth-order valence-corrected chi connectivity index (χ4v) is 1.98. The molecule has 0 unspecified atom stereocenters. The summed E-state index contributed by atoms with van der Waals surface area (Å²) in [5, 5.41) is 14.7. The molecule has 0 aromatic heterocycles. The number of rotatable bonds is 4. The molecule has 3 N–H and O–H groups in total. The van der Waals surface area contributed by atoms with Crippen LogP contribution in [0.25, 0.3) is 0 Å². The van der Waals surface area contributed by atoms with Gasteiger partial charge in [0.15, 0.2) is 0 Å². The van der Waals surface area contributed by atoms with Crippen LogP contribution in [-0.2, 0) is 0 Å². The molecule has 18 heavy (non-hydrogen) atoms. The smallest absolute Gasteiger partial charge is 0.319 e. The summed E-state index contributed by atoms with van der Waals surface area (Å²) in [7, 11) is 1.58. The summed E-state index contributed by atoms with van der Waals surface area (Å²) in [5.41, 5.74) is 0.695. The molecule has 0 radical (unpaired) electrons. The number of nitrogens with one attached hydrogen (secondary N) is 2. The molecule has 0 atom stereocenters. The highest BCUT2D eigenvalue weighted by Crippen LogP contribution is 2.26. The zero-order valence-electron chi connectivity index (χ0n) is 10.3. The molecule has 2 amide bonds. The molecule has 98 valence electrons. The van der Waals surface area contributed by atoms with E-state index in [1.165, 1.54) is 0 Å². The third-order valence-electron chi connectivity index (χ3n) is 3.09. The quantitative estimate of drug-likeness (QED) is 0.760. The molecule has 0 spiro atoms. The Morgan fingerprint density at radius 2 is 2.28 bits per heavy atom. The maximum absolute atomic E-state index is 11.6. The molecule has 0 bridgehead atoms. The van der Waals surface area contributed by atoms with Crippen LogP contribution in [0, 0.1) is 5.92 Å². The number of carbonyl (C=O) groups excluding carboxylic acids is 1. The highest BCUT2D eigenvalue weighted by molar-refractivity contribution is 5.89. The van der Waals surface area contributed by atoms with Crippen LogP contribution >= 0.6 is 0 Å². The van der Waals surface area contributed by atoms with E-state index in [0.717, 1.165) is 12.8 Å². The van der Waals surface area contributed by atoms with Crippen LogP contribution in [0.1, 0.15) is 12.8 Å². The van der Waals surface area contributed by atoms with Gasteiger partial charge in [0.2, 0.25) is 0 Å². The summed E-state index contributed by atoms with van der Waals surface area (Å²) >= 11 is 0. The zero-order chi connectivity index (χ0) is 13.0. The largest absolute Gasteiger partial charge is 0.497 e. The number of methoxy groups -OCH3 is 1. The minimum Gasteiger partial charge on any atom is -0.497 e. The van der Waals surface area contributed by atoms with E-state index >= 15 is 0 Å². The standard InChI is InChI=1S/C13H18N2O3/c1-18-12-4-2-3-10(7-12)15-13(17)14-8-9-5-11(16)6-9/h2-4,7,9,11,16H,5-6,8H2,1H3,(H2,14,15,17). The molecular formula is C13H18N2O3. The minimum absolute atomic E-state index is 0.182. The zero-order valence-corrected chi connectivity index (χ0v) is 10.3. The van der Waals surface area contributed by atoms with Crippen LogP contribution in [-0.4, -0.2) is 30.9 Å². The monoisotopic (exact) mass is 250 g/mol. The van der Waals surface area contributed by atoms with Gasteiger partial charge in [0.05, 0.1) is 13.2 Å². The number of aliphatic hydroxyl groups excluding tert-OH is 1. The first-order valence-electron chi connectivity index (χ1n) is 6.04. The Morgan fingerprint density at radius 1 is 1.50 bits per heavy atom. The number of ether oxygens (including phenoxy) is 1. The van der Waals surface area contributed by atoms with E-state index in [9.17, 15) is 4.79 Å². The summed E-state index contributed by atoms with van der Waals surface area (Å²) in [4.78, 5) is 11.6.